The molecule has 28 heavy (non-hydrogen) atoms. The van der Waals surface area contributed by atoms with Crippen molar-refractivity contribution in [2.24, 2.45) is 9.98 Å². The summed E-state index contributed by atoms with van der Waals surface area (Å²) in [6.45, 7) is 3.84. The van der Waals surface area contributed by atoms with E-state index in [0.717, 1.165) is 34.1 Å². The van der Waals surface area contributed by atoms with Crippen LogP contribution in [0.25, 0.3) is 12.2 Å². The zero-order valence-corrected chi connectivity index (χ0v) is 15.0. The van der Waals surface area contributed by atoms with Gasteiger partial charge in [-0.05, 0) is 66.3 Å². The zero-order valence-electron chi connectivity index (χ0n) is 16.0. The number of aromatic nitrogens is 1. The highest BCUT2D eigenvalue weighted by atomic mass is 16.1. The normalized spacial score (nSPS) is 33.9. The average Bonchev–Trinajstić information content (AvgIpc) is 3.47. The second kappa shape index (κ2) is 6.16. The number of carbonyl (C=O) groups is 1. The van der Waals surface area contributed by atoms with Gasteiger partial charge in [0.25, 0.3) is 0 Å². The van der Waals surface area contributed by atoms with Crippen LogP contribution < -0.4 is 16.0 Å². The van der Waals surface area contributed by atoms with E-state index in [9.17, 15) is 4.79 Å². The second-order valence-electron chi connectivity index (χ2n) is 6.93. The molecule has 0 aromatic carbocycles. The summed E-state index contributed by atoms with van der Waals surface area (Å²) in [4.78, 5) is 24.7. The van der Waals surface area contributed by atoms with Crippen LogP contribution in [-0.4, -0.2) is 28.2 Å². The zero-order chi connectivity index (χ0) is 20.0. The molecule has 0 saturated carbocycles. The molecule has 1 aromatic heterocycles. The van der Waals surface area contributed by atoms with E-state index in [4.69, 9.17) is 1.37 Å². The predicted molar refractivity (Wildman–Crippen MR) is 112 cm³/mol. The van der Waals surface area contributed by atoms with Gasteiger partial charge in [0.05, 0.1) is 22.8 Å². The van der Waals surface area contributed by atoms with Crippen LogP contribution in [0.5, 0.6) is 0 Å². The van der Waals surface area contributed by atoms with Gasteiger partial charge >= 0.3 is 0 Å². The first-order chi connectivity index (χ1) is 14.1. The monoisotopic (exact) mass is 367 g/mol. The van der Waals surface area contributed by atoms with Crippen LogP contribution in [0, 0.1) is 0 Å². The third-order valence-corrected chi connectivity index (χ3v) is 4.85. The molecular weight excluding hydrogens is 348 g/mol. The van der Waals surface area contributed by atoms with Crippen LogP contribution in [-0.2, 0) is 4.79 Å². The highest BCUT2D eigenvalue weighted by Gasteiger charge is 2.35. The molecule has 0 spiro atoms. The molecule has 0 radical (unpaired) electrons. The van der Waals surface area contributed by atoms with Crippen molar-refractivity contribution < 1.29 is 6.17 Å². The van der Waals surface area contributed by atoms with Crippen molar-refractivity contribution in [1.82, 2.24) is 10.3 Å². The Balaban J connectivity index is 1.74. The molecule has 5 heteroatoms. The van der Waals surface area contributed by atoms with Crippen molar-refractivity contribution in [3.05, 3.63) is 94.6 Å². The highest BCUT2D eigenvalue weighted by molar-refractivity contribution is 6.20. The molecule has 5 nitrogen and oxygen atoms in total. The third-order valence-electron chi connectivity index (χ3n) is 4.85. The third kappa shape index (κ3) is 2.87. The predicted octanol–water partition coefficient (Wildman–Crippen LogP) is 1.75. The van der Waals surface area contributed by atoms with Crippen LogP contribution in [0.4, 0.5) is 0 Å². The standard InChI is InChI=1S/C23H18N4O/c1-2-15-12-23(14-28)13-21-8-7-19(26-21)10-17-4-3-16(24-17)9-18-5-6-20(25-18)11-22(15)27-23/h2-11,13-14,24,27H,1,12H2/b16-9-,17-10-,20-11-,21-13-/i12D. The highest BCUT2D eigenvalue weighted by Crippen LogP contribution is 2.32. The smallest absolute Gasteiger partial charge is 0.149 e. The van der Waals surface area contributed by atoms with Crippen molar-refractivity contribution in [1.29, 1.82) is 0 Å². The lowest BCUT2D eigenvalue weighted by Crippen LogP contribution is -2.40. The summed E-state index contributed by atoms with van der Waals surface area (Å²) in [6, 6.07) is 3.97. The fraction of sp³-hybridized carbons (Fsp3) is 0.0870. The van der Waals surface area contributed by atoms with E-state index in [2.05, 4.69) is 26.9 Å². The van der Waals surface area contributed by atoms with Crippen LogP contribution in [0.15, 0.2) is 93.9 Å². The molecule has 0 aliphatic carbocycles. The summed E-state index contributed by atoms with van der Waals surface area (Å²) < 4.78 is 8.68. The maximum Gasteiger partial charge on any atom is 0.149 e. The molecule has 2 unspecified atom stereocenters. The molecule has 8 bridgehead atoms. The number of aldehydes is 1. The topological polar surface area (TPSA) is 69.6 Å². The molecule has 1 aromatic rings. The van der Waals surface area contributed by atoms with E-state index in [-0.39, 0.29) is 0 Å². The Morgan fingerprint density at radius 1 is 1.04 bits per heavy atom. The SMILES string of the molecule is [2H]C1C(C=C)=C2/C=C3/C=CC(=N3)/C=c3/cc/c([nH]3)=C/C3=NC(=C\C1(C=O)N2)/C=C3. The van der Waals surface area contributed by atoms with Gasteiger partial charge in [-0.2, -0.15) is 0 Å². The molecule has 2 atom stereocenters. The van der Waals surface area contributed by atoms with E-state index in [0.29, 0.717) is 17.0 Å². The number of hydrogen-bond donors (Lipinski definition) is 2. The second-order valence-corrected chi connectivity index (χ2v) is 6.93. The van der Waals surface area contributed by atoms with E-state index < -0.39 is 11.9 Å². The van der Waals surface area contributed by atoms with Crippen LogP contribution >= 0.6 is 0 Å². The van der Waals surface area contributed by atoms with E-state index in [1.54, 1.807) is 12.2 Å². The Morgan fingerprint density at radius 2 is 1.71 bits per heavy atom. The van der Waals surface area contributed by atoms with E-state index >= 15 is 0 Å². The van der Waals surface area contributed by atoms with E-state index in [1.165, 1.54) is 0 Å². The molecule has 0 amide bonds. The van der Waals surface area contributed by atoms with Crippen molar-refractivity contribution in [3.63, 3.8) is 0 Å². The number of rotatable bonds is 2. The van der Waals surface area contributed by atoms with Gasteiger partial charge in [-0.15, -0.1) is 0 Å². The molecule has 4 aliphatic heterocycles. The summed E-state index contributed by atoms with van der Waals surface area (Å²) in [5.74, 6) is 0. The number of hydrogen-bond acceptors (Lipinski definition) is 4. The van der Waals surface area contributed by atoms with Gasteiger partial charge in [0, 0.05) is 24.2 Å². The number of fused-ring (bicyclic) bond motifs is 6. The summed E-state index contributed by atoms with van der Waals surface area (Å²) in [7, 11) is 0. The Labute approximate surface area is 163 Å². The van der Waals surface area contributed by atoms with Gasteiger partial charge in [0.15, 0.2) is 0 Å². The number of nitrogens with one attached hydrogen (secondary N) is 2. The molecule has 0 fully saturated rings. The van der Waals surface area contributed by atoms with Crippen molar-refractivity contribution in [2.45, 2.75) is 11.9 Å². The van der Waals surface area contributed by atoms with Crippen LogP contribution in [0.2, 0.25) is 0 Å². The van der Waals surface area contributed by atoms with Crippen molar-refractivity contribution >= 4 is 29.9 Å². The van der Waals surface area contributed by atoms with Crippen LogP contribution in [0.3, 0.4) is 0 Å². The maximum atomic E-state index is 12.1. The number of aromatic amines is 1. The molecule has 5 rings (SSSR count). The molecule has 136 valence electrons. The minimum Gasteiger partial charge on any atom is -0.369 e. The molecular formula is C23H18N4O. The maximum absolute atomic E-state index is 12.1. The summed E-state index contributed by atoms with van der Waals surface area (Å²) in [5.41, 5.74) is 3.07. The number of nitrogens with zero attached hydrogens (tertiary/aromatic N) is 2. The fourth-order valence-corrected chi connectivity index (χ4v) is 3.56. The van der Waals surface area contributed by atoms with Crippen molar-refractivity contribution in [2.75, 3.05) is 0 Å². The summed E-state index contributed by atoms with van der Waals surface area (Å²) in [5, 5.41) is 5.09. The summed E-state index contributed by atoms with van der Waals surface area (Å²) >= 11 is 0. The first-order valence-corrected chi connectivity index (χ1v) is 8.98. The van der Waals surface area contributed by atoms with Crippen molar-refractivity contribution in [3.8, 4) is 0 Å². The molecule has 2 N–H and O–H groups in total. The lowest BCUT2D eigenvalue weighted by atomic mass is 9.95. The van der Waals surface area contributed by atoms with Gasteiger partial charge < -0.3 is 15.1 Å². The Bertz CT molecular complexity index is 1280. The Hall–Kier alpha value is -3.73. The van der Waals surface area contributed by atoms with E-state index in [1.807, 2.05) is 54.7 Å². The number of aliphatic imine (C=N–C) groups is 2. The quantitative estimate of drug-likeness (QED) is 0.782. The Kier molecular flexibility index (Phi) is 3.38. The average molecular weight is 367 g/mol. The van der Waals surface area contributed by atoms with Gasteiger partial charge in [-0.3, -0.25) is 0 Å². The lowest BCUT2D eigenvalue weighted by molar-refractivity contribution is -0.111. The number of carbonyl (C=O) groups excluding carboxylic acids is 1. The Morgan fingerprint density at radius 3 is 2.39 bits per heavy atom. The van der Waals surface area contributed by atoms with Gasteiger partial charge in [-0.25, -0.2) is 9.98 Å². The van der Waals surface area contributed by atoms with Gasteiger partial charge in [0.1, 0.15) is 11.8 Å². The minimum absolute atomic E-state index is 0.636. The fourth-order valence-electron chi connectivity index (χ4n) is 3.56. The summed E-state index contributed by atoms with van der Waals surface area (Å²) in [6.07, 6.45) is 16.6. The van der Waals surface area contributed by atoms with Gasteiger partial charge in [0.2, 0.25) is 0 Å². The van der Waals surface area contributed by atoms with Gasteiger partial charge in [-0.1, -0.05) is 12.7 Å². The first-order valence-electron chi connectivity index (χ1n) is 9.56. The molecule has 0 saturated heterocycles. The first kappa shape index (κ1) is 15.3. The largest absolute Gasteiger partial charge is 0.369 e. The van der Waals surface area contributed by atoms with Crippen LogP contribution in [0.1, 0.15) is 7.77 Å². The molecule has 5 heterocycles. The minimum atomic E-state index is -1.22. The molecule has 4 aliphatic rings. The number of allylic oxidation sites excluding steroid dienone is 6. The number of H-pyrrole nitrogens is 1. The lowest BCUT2D eigenvalue weighted by Gasteiger charge is -2.20.